The van der Waals surface area contributed by atoms with E-state index in [9.17, 15) is 4.79 Å². The van der Waals surface area contributed by atoms with Crippen LogP contribution < -0.4 is 0 Å². The first-order chi connectivity index (χ1) is 13.3. The second kappa shape index (κ2) is 7.92. The van der Waals surface area contributed by atoms with Crippen molar-refractivity contribution in [3.05, 3.63) is 72.3 Å². The quantitative estimate of drug-likeness (QED) is 0.664. The van der Waals surface area contributed by atoms with Crippen molar-refractivity contribution in [1.82, 2.24) is 20.0 Å². The molecule has 1 aliphatic rings. The van der Waals surface area contributed by atoms with Crippen LogP contribution in [0, 0.1) is 0 Å². The molecule has 27 heavy (non-hydrogen) atoms. The van der Waals surface area contributed by atoms with Crippen LogP contribution in [0.2, 0.25) is 0 Å². The van der Waals surface area contributed by atoms with Gasteiger partial charge in [0.1, 0.15) is 6.04 Å². The number of amides is 1. The van der Waals surface area contributed by atoms with Gasteiger partial charge < -0.3 is 14.2 Å². The van der Waals surface area contributed by atoms with E-state index in [1.807, 2.05) is 42.5 Å². The Kier molecular flexibility index (Phi) is 5.02. The number of aromatic nitrogens is 3. The zero-order chi connectivity index (χ0) is 18.5. The van der Waals surface area contributed by atoms with E-state index >= 15 is 0 Å². The third-order valence-electron chi connectivity index (χ3n) is 4.27. The van der Waals surface area contributed by atoms with Crippen molar-refractivity contribution in [2.45, 2.75) is 6.04 Å². The van der Waals surface area contributed by atoms with Gasteiger partial charge in [0.05, 0.1) is 13.2 Å². The Bertz CT molecular complexity index is 925. The van der Waals surface area contributed by atoms with Crippen LogP contribution in [0.3, 0.4) is 0 Å². The van der Waals surface area contributed by atoms with Gasteiger partial charge >= 0.3 is 0 Å². The number of rotatable bonds is 4. The summed E-state index contributed by atoms with van der Waals surface area (Å²) in [6.07, 6.45) is 6.67. The molecular weight excluding hydrogens is 344 g/mol. The Morgan fingerprint density at radius 2 is 2.07 bits per heavy atom. The smallest absolute Gasteiger partial charge is 0.257 e. The van der Waals surface area contributed by atoms with Gasteiger partial charge in [-0.15, -0.1) is 0 Å². The minimum Gasteiger partial charge on any atom is -0.377 e. The van der Waals surface area contributed by atoms with Gasteiger partial charge in [-0.05, 0) is 29.8 Å². The predicted octanol–water partition coefficient (Wildman–Crippen LogP) is 2.74. The highest BCUT2D eigenvalue weighted by Crippen LogP contribution is 2.25. The van der Waals surface area contributed by atoms with Crippen LogP contribution >= 0.6 is 0 Å². The molecule has 1 amide bonds. The van der Waals surface area contributed by atoms with E-state index in [1.54, 1.807) is 23.4 Å². The largest absolute Gasteiger partial charge is 0.377 e. The second-order valence-corrected chi connectivity index (χ2v) is 6.07. The fraction of sp³-hybridized carbons (Fsp3) is 0.200. The molecule has 2 aromatic heterocycles. The molecule has 1 fully saturated rings. The number of carbonyl (C=O) groups is 1. The molecule has 0 aliphatic carbocycles. The highest BCUT2D eigenvalue weighted by atomic mass is 16.5. The fourth-order valence-electron chi connectivity index (χ4n) is 2.89. The second-order valence-electron chi connectivity index (χ2n) is 6.07. The number of nitrogens with zero attached hydrogens (tertiary/aromatic N) is 4. The summed E-state index contributed by atoms with van der Waals surface area (Å²) in [5.41, 5.74) is 1.70. The van der Waals surface area contributed by atoms with Crippen molar-refractivity contribution in [3.63, 3.8) is 0 Å². The van der Waals surface area contributed by atoms with Crippen LogP contribution in [0.5, 0.6) is 0 Å². The lowest BCUT2D eigenvalue weighted by Crippen LogP contribution is -2.43. The van der Waals surface area contributed by atoms with Gasteiger partial charge in [0.2, 0.25) is 5.91 Å². The van der Waals surface area contributed by atoms with Crippen LogP contribution in [-0.4, -0.2) is 45.7 Å². The zero-order valence-corrected chi connectivity index (χ0v) is 14.6. The first-order valence-corrected chi connectivity index (χ1v) is 8.67. The monoisotopic (exact) mass is 362 g/mol. The Hall–Kier alpha value is -3.32. The summed E-state index contributed by atoms with van der Waals surface area (Å²) in [7, 11) is 0. The zero-order valence-electron chi connectivity index (χ0n) is 14.6. The number of benzene rings is 1. The molecule has 0 saturated carbocycles. The average Bonchev–Trinajstić information content (AvgIpc) is 3.23. The summed E-state index contributed by atoms with van der Waals surface area (Å²) in [6.45, 7) is 1.28. The maximum atomic E-state index is 12.7. The standard InChI is InChI=1S/C20H18N4O3/c25-18(9-8-15-5-4-10-21-13-15)24-11-12-26-14-17(24)19-22-20(27-23-19)16-6-2-1-3-7-16/h1-10,13,17H,11-12,14H2/b9-8+. The summed E-state index contributed by atoms with van der Waals surface area (Å²) in [4.78, 5) is 22.9. The average molecular weight is 362 g/mol. The van der Waals surface area contributed by atoms with Gasteiger partial charge in [-0.1, -0.05) is 29.4 Å². The Morgan fingerprint density at radius 1 is 1.19 bits per heavy atom. The predicted molar refractivity (Wildman–Crippen MR) is 98.3 cm³/mol. The molecule has 3 aromatic rings. The molecule has 7 nitrogen and oxygen atoms in total. The van der Waals surface area contributed by atoms with Gasteiger partial charge in [0, 0.05) is 30.6 Å². The highest BCUT2D eigenvalue weighted by Gasteiger charge is 2.31. The third-order valence-corrected chi connectivity index (χ3v) is 4.27. The maximum absolute atomic E-state index is 12.7. The Morgan fingerprint density at radius 3 is 2.89 bits per heavy atom. The van der Waals surface area contributed by atoms with E-state index < -0.39 is 0 Å². The molecule has 0 radical (unpaired) electrons. The summed E-state index contributed by atoms with van der Waals surface area (Å²) >= 11 is 0. The molecule has 136 valence electrons. The molecule has 7 heteroatoms. The van der Waals surface area contributed by atoms with Crippen molar-refractivity contribution >= 4 is 12.0 Å². The number of carbonyl (C=O) groups excluding carboxylic acids is 1. The lowest BCUT2D eigenvalue weighted by Gasteiger charge is -2.32. The summed E-state index contributed by atoms with van der Waals surface area (Å²) in [5.74, 6) is 0.740. The lowest BCUT2D eigenvalue weighted by molar-refractivity contribution is -0.135. The SMILES string of the molecule is O=C(/C=C/c1cccnc1)N1CCOCC1c1noc(-c2ccccc2)n1. The van der Waals surface area contributed by atoms with Crippen LogP contribution in [0.25, 0.3) is 17.5 Å². The Labute approximate surface area is 156 Å². The molecular formula is C20H18N4O3. The summed E-state index contributed by atoms with van der Waals surface area (Å²) in [6, 6.07) is 12.9. The van der Waals surface area contributed by atoms with Crippen molar-refractivity contribution in [3.8, 4) is 11.5 Å². The number of morpholine rings is 1. The molecule has 0 bridgehead atoms. The van der Waals surface area contributed by atoms with E-state index in [-0.39, 0.29) is 11.9 Å². The van der Waals surface area contributed by atoms with Crippen molar-refractivity contribution < 1.29 is 14.1 Å². The van der Waals surface area contributed by atoms with E-state index in [4.69, 9.17) is 9.26 Å². The molecule has 1 saturated heterocycles. The minimum absolute atomic E-state index is 0.127. The molecule has 1 unspecified atom stereocenters. The third kappa shape index (κ3) is 3.93. The van der Waals surface area contributed by atoms with Gasteiger partial charge in [-0.2, -0.15) is 4.98 Å². The van der Waals surface area contributed by atoms with E-state index in [0.29, 0.717) is 31.5 Å². The van der Waals surface area contributed by atoms with E-state index in [1.165, 1.54) is 6.08 Å². The van der Waals surface area contributed by atoms with Gasteiger partial charge in [-0.3, -0.25) is 9.78 Å². The van der Waals surface area contributed by atoms with Crippen molar-refractivity contribution in [2.75, 3.05) is 19.8 Å². The molecule has 1 aliphatic heterocycles. The number of pyridine rings is 1. The molecule has 4 rings (SSSR count). The number of hydrogen-bond donors (Lipinski definition) is 0. The van der Waals surface area contributed by atoms with Crippen molar-refractivity contribution in [2.24, 2.45) is 0 Å². The van der Waals surface area contributed by atoms with Gasteiger partial charge in [-0.25, -0.2) is 0 Å². The van der Waals surface area contributed by atoms with E-state index in [0.717, 1.165) is 11.1 Å². The molecule has 3 heterocycles. The maximum Gasteiger partial charge on any atom is 0.257 e. The van der Waals surface area contributed by atoms with Gasteiger partial charge in [0.15, 0.2) is 5.82 Å². The van der Waals surface area contributed by atoms with Gasteiger partial charge in [0.25, 0.3) is 5.89 Å². The topological polar surface area (TPSA) is 81.4 Å². The fourth-order valence-corrected chi connectivity index (χ4v) is 2.89. The van der Waals surface area contributed by atoms with Crippen LogP contribution in [0.1, 0.15) is 17.4 Å². The molecule has 1 atom stereocenters. The van der Waals surface area contributed by atoms with E-state index in [2.05, 4.69) is 15.1 Å². The van der Waals surface area contributed by atoms with Crippen LogP contribution in [0.15, 0.2) is 65.5 Å². The van der Waals surface area contributed by atoms with Crippen LogP contribution in [0.4, 0.5) is 0 Å². The first kappa shape index (κ1) is 17.1. The molecule has 0 spiro atoms. The summed E-state index contributed by atoms with van der Waals surface area (Å²) in [5, 5.41) is 4.07. The van der Waals surface area contributed by atoms with Crippen LogP contribution in [-0.2, 0) is 9.53 Å². The summed E-state index contributed by atoms with van der Waals surface area (Å²) < 4.78 is 10.9. The van der Waals surface area contributed by atoms with Crippen molar-refractivity contribution in [1.29, 1.82) is 0 Å². The number of hydrogen-bond acceptors (Lipinski definition) is 6. The lowest BCUT2D eigenvalue weighted by atomic mass is 10.2. The molecule has 1 aromatic carbocycles. The first-order valence-electron chi connectivity index (χ1n) is 8.67. The Balaban J connectivity index is 1.53. The highest BCUT2D eigenvalue weighted by molar-refractivity contribution is 5.92. The minimum atomic E-state index is -0.383. The normalized spacial score (nSPS) is 17.3. The molecule has 0 N–H and O–H groups in total. The number of ether oxygens (including phenoxy) is 1.